The molecule has 3 N–H and O–H groups in total. The number of rotatable bonds is 6. The fourth-order valence-corrected chi connectivity index (χ4v) is 1.45. The molecule has 1 aromatic heterocycles. The predicted octanol–water partition coefficient (Wildman–Crippen LogP) is 1.97. The fourth-order valence-electron chi connectivity index (χ4n) is 1.45. The number of nitrogens with two attached hydrogens (primary N) is 1. The number of hydrogen-bond acceptors (Lipinski definition) is 6. The van der Waals surface area contributed by atoms with Crippen molar-refractivity contribution in [3.05, 3.63) is 36.3 Å². The smallest absolute Gasteiger partial charge is 0.229 e. The Balaban J connectivity index is 1.97. The maximum Gasteiger partial charge on any atom is 0.229 e. The molecule has 1 aromatic carbocycles. The maximum atomic E-state index is 12.9. The molecule has 7 heteroatoms. The van der Waals surface area contributed by atoms with Crippen LogP contribution in [-0.2, 0) is 4.74 Å². The highest BCUT2D eigenvalue weighted by Gasteiger charge is 2.03. The van der Waals surface area contributed by atoms with Gasteiger partial charge in [-0.2, -0.15) is 4.98 Å². The summed E-state index contributed by atoms with van der Waals surface area (Å²) in [5.41, 5.74) is 6.11. The number of halogens is 1. The second-order valence-electron chi connectivity index (χ2n) is 3.92. The number of nitrogen functional groups attached to an aromatic ring is 1. The summed E-state index contributed by atoms with van der Waals surface area (Å²) in [4.78, 5) is 7.58. The summed E-state index contributed by atoms with van der Waals surface area (Å²) in [6.07, 6.45) is 1.02. The molecule has 0 radical (unpaired) electrons. The number of anilines is 3. The van der Waals surface area contributed by atoms with E-state index in [9.17, 15) is 4.39 Å². The van der Waals surface area contributed by atoms with Gasteiger partial charge in [-0.25, -0.2) is 9.37 Å². The van der Waals surface area contributed by atoms with E-state index in [1.54, 1.807) is 31.4 Å². The highest BCUT2D eigenvalue weighted by atomic mass is 19.1. The first-order valence-electron chi connectivity index (χ1n) is 5.96. The van der Waals surface area contributed by atoms with Gasteiger partial charge in [0, 0.05) is 12.8 Å². The van der Waals surface area contributed by atoms with Crippen molar-refractivity contribution in [1.29, 1.82) is 0 Å². The van der Waals surface area contributed by atoms with Gasteiger partial charge in [-0.1, -0.05) is 0 Å². The molecule has 0 unspecified atom stereocenters. The number of methoxy groups -OCH3 is 1. The number of aromatic nitrogens is 2. The van der Waals surface area contributed by atoms with E-state index in [4.69, 9.17) is 15.2 Å². The Morgan fingerprint density at radius 3 is 2.65 bits per heavy atom. The molecular formula is C13H15FN4O2. The van der Waals surface area contributed by atoms with Gasteiger partial charge in [-0.05, 0) is 24.3 Å². The summed E-state index contributed by atoms with van der Waals surface area (Å²) >= 11 is 0. The first kappa shape index (κ1) is 14.0. The van der Waals surface area contributed by atoms with Gasteiger partial charge in [0.1, 0.15) is 12.4 Å². The zero-order valence-electron chi connectivity index (χ0n) is 11.0. The van der Waals surface area contributed by atoms with Gasteiger partial charge in [0.2, 0.25) is 5.95 Å². The lowest BCUT2D eigenvalue weighted by atomic mass is 10.3. The largest absolute Gasteiger partial charge is 0.491 e. The van der Waals surface area contributed by atoms with Crippen LogP contribution >= 0.6 is 0 Å². The Bertz CT molecular complexity index is 563. The van der Waals surface area contributed by atoms with Crippen molar-refractivity contribution in [2.75, 3.05) is 31.4 Å². The SMILES string of the molecule is COCCOc1ccc(Nc2ncc(F)c(N)n2)cc1. The van der Waals surface area contributed by atoms with Crippen molar-refractivity contribution >= 4 is 17.5 Å². The van der Waals surface area contributed by atoms with E-state index in [0.29, 0.717) is 13.2 Å². The van der Waals surface area contributed by atoms with Gasteiger partial charge < -0.3 is 20.5 Å². The summed E-state index contributed by atoms with van der Waals surface area (Å²) in [5, 5.41) is 2.92. The van der Waals surface area contributed by atoms with Crippen LogP contribution in [0.15, 0.2) is 30.5 Å². The lowest BCUT2D eigenvalue weighted by Gasteiger charge is -2.08. The molecule has 0 aliphatic carbocycles. The van der Waals surface area contributed by atoms with E-state index in [-0.39, 0.29) is 11.8 Å². The average Bonchev–Trinajstić information content (AvgIpc) is 2.45. The normalized spacial score (nSPS) is 10.3. The van der Waals surface area contributed by atoms with Crippen molar-refractivity contribution in [3.8, 4) is 5.75 Å². The molecule has 2 rings (SSSR count). The van der Waals surface area contributed by atoms with E-state index in [0.717, 1.165) is 17.6 Å². The quantitative estimate of drug-likeness (QED) is 0.786. The van der Waals surface area contributed by atoms with Crippen molar-refractivity contribution in [3.63, 3.8) is 0 Å². The highest BCUT2D eigenvalue weighted by molar-refractivity contribution is 5.55. The highest BCUT2D eigenvalue weighted by Crippen LogP contribution is 2.18. The molecule has 106 valence electrons. The molecule has 0 amide bonds. The summed E-state index contributed by atoms with van der Waals surface area (Å²) < 4.78 is 23.3. The predicted molar refractivity (Wildman–Crippen MR) is 73.5 cm³/mol. The summed E-state index contributed by atoms with van der Waals surface area (Å²) in [7, 11) is 1.62. The molecule has 0 atom stereocenters. The lowest BCUT2D eigenvalue weighted by molar-refractivity contribution is 0.146. The second kappa shape index (κ2) is 6.67. The molecule has 0 aliphatic rings. The molecular weight excluding hydrogens is 263 g/mol. The monoisotopic (exact) mass is 278 g/mol. The van der Waals surface area contributed by atoms with E-state index in [1.807, 2.05) is 0 Å². The van der Waals surface area contributed by atoms with Crippen LogP contribution in [0, 0.1) is 5.82 Å². The van der Waals surface area contributed by atoms with Crippen LogP contribution < -0.4 is 15.8 Å². The van der Waals surface area contributed by atoms with Crippen LogP contribution in [0.1, 0.15) is 0 Å². The fraction of sp³-hybridized carbons (Fsp3) is 0.231. The molecule has 0 bridgehead atoms. The summed E-state index contributed by atoms with van der Waals surface area (Å²) in [5.74, 6) is 0.128. The van der Waals surface area contributed by atoms with Gasteiger partial charge >= 0.3 is 0 Å². The zero-order valence-corrected chi connectivity index (χ0v) is 11.0. The van der Waals surface area contributed by atoms with Crippen LogP contribution in [0.25, 0.3) is 0 Å². The van der Waals surface area contributed by atoms with Gasteiger partial charge in [0.15, 0.2) is 11.6 Å². The van der Waals surface area contributed by atoms with E-state index >= 15 is 0 Å². The van der Waals surface area contributed by atoms with Crippen LogP contribution in [0.4, 0.5) is 21.8 Å². The Kier molecular flexibility index (Phi) is 4.67. The van der Waals surface area contributed by atoms with Crippen LogP contribution in [0.3, 0.4) is 0 Å². The van der Waals surface area contributed by atoms with E-state index < -0.39 is 5.82 Å². The van der Waals surface area contributed by atoms with Crippen molar-refractivity contribution in [1.82, 2.24) is 9.97 Å². The molecule has 1 heterocycles. The molecule has 0 aliphatic heterocycles. The van der Waals surface area contributed by atoms with Gasteiger partial charge in [0.05, 0.1) is 12.8 Å². The molecule has 2 aromatic rings. The van der Waals surface area contributed by atoms with Crippen LogP contribution in [0.5, 0.6) is 5.75 Å². The summed E-state index contributed by atoms with van der Waals surface area (Å²) in [6, 6.07) is 7.19. The molecule has 0 saturated carbocycles. The molecule has 6 nitrogen and oxygen atoms in total. The second-order valence-corrected chi connectivity index (χ2v) is 3.92. The lowest BCUT2D eigenvalue weighted by Crippen LogP contribution is -2.04. The first-order chi connectivity index (χ1) is 9.69. The number of nitrogens with zero attached hydrogens (tertiary/aromatic N) is 2. The minimum atomic E-state index is -0.641. The minimum Gasteiger partial charge on any atom is -0.491 e. The average molecular weight is 278 g/mol. The molecule has 20 heavy (non-hydrogen) atoms. The third-order valence-corrected chi connectivity index (χ3v) is 2.44. The van der Waals surface area contributed by atoms with Crippen molar-refractivity contribution < 1.29 is 13.9 Å². The van der Waals surface area contributed by atoms with Gasteiger partial charge in [-0.3, -0.25) is 0 Å². The van der Waals surface area contributed by atoms with Gasteiger partial charge in [0.25, 0.3) is 0 Å². The van der Waals surface area contributed by atoms with E-state index in [2.05, 4.69) is 15.3 Å². The van der Waals surface area contributed by atoms with Gasteiger partial charge in [-0.15, -0.1) is 0 Å². The molecule has 0 saturated heterocycles. The maximum absolute atomic E-state index is 12.9. The number of benzene rings is 1. The third kappa shape index (κ3) is 3.79. The third-order valence-electron chi connectivity index (χ3n) is 2.44. The first-order valence-corrected chi connectivity index (χ1v) is 5.96. The minimum absolute atomic E-state index is 0.193. The van der Waals surface area contributed by atoms with Crippen LogP contribution in [0.2, 0.25) is 0 Å². The molecule has 0 spiro atoms. The standard InChI is InChI=1S/C13H15FN4O2/c1-19-6-7-20-10-4-2-9(3-5-10)17-13-16-8-11(14)12(15)18-13/h2-5,8H,6-7H2,1H3,(H3,15,16,17,18). The molecule has 0 fully saturated rings. The number of nitrogens with one attached hydrogen (secondary N) is 1. The topological polar surface area (TPSA) is 82.3 Å². The summed E-state index contributed by atoms with van der Waals surface area (Å²) in [6.45, 7) is 1.02. The number of ether oxygens (including phenoxy) is 2. The van der Waals surface area contributed by atoms with Crippen LogP contribution in [-0.4, -0.2) is 30.3 Å². The Morgan fingerprint density at radius 1 is 1.25 bits per heavy atom. The number of hydrogen-bond donors (Lipinski definition) is 2. The van der Waals surface area contributed by atoms with E-state index in [1.165, 1.54) is 0 Å². The Hall–Kier alpha value is -2.41. The zero-order chi connectivity index (χ0) is 14.4. The van der Waals surface area contributed by atoms with Crippen molar-refractivity contribution in [2.24, 2.45) is 0 Å². The Morgan fingerprint density at radius 2 is 2.00 bits per heavy atom. The Labute approximate surface area is 115 Å². The van der Waals surface area contributed by atoms with Crippen molar-refractivity contribution in [2.45, 2.75) is 0 Å².